The van der Waals surface area contributed by atoms with E-state index in [1.807, 2.05) is 13.8 Å². The maximum atomic E-state index is 11.9. The summed E-state index contributed by atoms with van der Waals surface area (Å²) in [6.07, 6.45) is -3.64. The Morgan fingerprint density at radius 3 is 2.60 bits per heavy atom. The van der Waals surface area contributed by atoms with Gasteiger partial charge in [0, 0.05) is 6.42 Å². The van der Waals surface area contributed by atoms with Crippen LogP contribution < -0.4 is 0 Å². The summed E-state index contributed by atoms with van der Waals surface area (Å²) in [5.74, 6) is -0.801. The van der Waals surface area contributed by atoms with Crippen molar-refractivity contribution in [1.29, 1.82) is 0 Å². The molecule has 0 radical (unpaired) electrons. The molecule has 8 heteroatoms. The van der Waals surface area contributed by atoms with Crippen molar-refractivity contribution < 1.29 is 27.8 Å². The molecule has 0 spiro atoms. The normalized spacial score (nSPS) is 12.1. The molecule has 0 aliphatic rings. The van der Waals surface area contributed by atoms with Crippen molar-refractivity contribution in [2.75, 3.05) is 13.2 Å². The van der Waals surface area contributed by atoms with Crippen molar-refractivity contribution in [2.45, 2.75) is 32.9 Å². The molecule has 1 aromatic rings. The summed E-state index contributed by atoms with van der Waals surface area (Å²) in [5.41, 5.74) is 0.489. The molecule has 1 heterocycles. The minimum Gasteiger partial charge on any atom is -0.477 e. The predicted molar refractivity (Wildman–Crippen MR) is 68.2 cm³/mol. The number of carbonyl (C=O) groups is 1. The van der Waals surface area contributed by atoms with Crippen LogP contribution in [0, 0.1) is 5.92 Å². The lowest BCUT2D eigenvalue weighted by atomic mass is 10.1. The average molecular weight is 311 g/mol. The molecule has 20 heavy (non-hydrogen) atoms. The van der Waals surface area contributed by atoms with Crippen molar-refractivity contribution in [2.24, 2.45) is 5.92 Å². The van der Waals surface area contributed by atoms with Gasteiger partial charge < -0.3 is 9.84 Å². The van der Waals surface area contributed by atoms with Gasteiger partial charge in [-0.25, -0.2) is 9.78 Å². The van der Waals surface area contributed by atoms with Gasteiger partial charge in [0.1, 0.15) is 11.5 Å². The largest absolute Gasteiger partial charge is 0.477 e. The van der Waals surface area contributed by atoms with Crippen LogP contribution in [0.5, 0.6) is 0 Å². The lowest BCUT2D eigenvalue weighted by Gasteiger charge is -2.06. The minimum absolute atomic E-state index is 0.132. The van der Waals surface area contributed by atoms with Crippen LogP contribution in [-0.2, 0) is 17.6 Å². The fraction of sp³-hybridized carbons (Fsp3) is 0.667. The van der Waals surface area contributed by atoms with E-state index in [1.54, 1.807) is 0 Å². The van der Waals surface area contributed by atoms with Gasteiger partial charge in [-0.1, -0.05) is 13.8 Å². The fourth-order valence-electron chi connectivity index (χ4n) is 1.55. The van der Waals surface area contributed by atoms with Crippen LogP contribution in [0.4, 0.5) is 13.2 Å². The van der Waals surface area contributed by atoms with E-state index in [9.17, 15) is 18.0 Å². The first kappa shape index (κ1) is 16.9. The SMILES string of the molecule is CC(C)Cc1nc(CCOCC(F)(F)F)sc1C(=O)O. The highest BCUT2D eigenvalue weighted by molar-refractivity contribution is 7.13. The lowest BCUT2D eigenvalue weighted by molar-refractivity contribution is -0.173. The first-order valence-corrected chi connectivity index (χ1v) is 6.87. The first-order valence-electron chi connectivity index (χ1n) is 6.05. The summed E-state index contributed by atoms with van der Waals surface area (Å²) in [6.45, 7) is 2.45. The molecule has 114 valence electrons. The zero-order valence-electron chi connectivity index (χ0n) is 11.2. The molecule has 0 saturated carbocycles. The second kappa shape index (κ2) is 7.03. The number of carboxylic acids is 1. The molecule has 0 aromatic carbocycles. The summed E-state index contributed by atoms with van der Waals surface area (Å²) < 4.78 is 40.1. The van der Waals surface area contributed by atoms with E-state index in [1.165, 1.54) is 0 Å². The number of aromatic nitrogens is 1. The highest BCUT2D eigenvalue weighted by Gasteiger charge is 2.27. The Morgan fingerprint density at radius 2 is 2.10 bits per heavy atom. The van der Waals surface area contributed by atoms with Crippen molar-refractivity contribution in [3.8, 4) is 0 Å². The maximum Gasteiger partial charge on any atom is 0.411 e. The molecule has 1 aromatic heterocycles. The van der Waals surface area contributed by atoms with Crippen LogP contribution >= 0.6 is 11.3 Å². The number of nitrogens with zero attached hydrogens (tertiary/aromatic N) is 1. The zero-order chi connectivity index (χ0) is 15.3. The highest BCUT2D eigenvalue weighted by atomic mass is 32.1. The topological polar surface area (TPSA) is 59.4 Å². The van der Waals surface area contributed by atoms with Gasteiger partial charge in [-0.05, 0) is 12.3 Å². The van der Waals surface area contributed by atoms with Crippen LogP contribution in [0.25, 0.3) is 0 Å². The van der Waals surface area contributed by atoms with E-state index in [-0.39, 0.29) is 23.8 Å². The molecule has 1 rings (SSSR count). The molecule has 0 aliphatic carbocycles. The predicted octanol–water partition coefficient (Wildman–Crippen LogP) is 3.16. The molecule has 0 bridgehead atoms. The van der Waals surface area contributed by atoms with Gasteiger partial charge in [0.2, 0.25) is 0 Å². The number of hydrogen-bond donors (Lipinski definition) is 1. The number of alkyl halides is 3. The molecular formula is C12H16F3NO3S. The van der Waals surface area contributed by atoms with E-state index in [4.69, 9.17) is 5.11 Å². The Morgan fingerprint density at radius 1 is 1.45 bits per heavy atom. The third kappa shape index (κ3) is 5.87. The number of halogens is 3. The molecule has 1 N–H and O–H groups in total. The fourth-order valence-corrected chi connectivity index (χ4v) is 2.46. The Kier molecular flexibility index (Phi) is 5.94. The second-order valence-electron chi connectivity index (χ2n) is 4.70. The van der Waals surface area contributed by atoms with Crippen molar-refractivity contribution in [3.63, 3.8) is 0 Å². The van der Waals surface area contributed by atoms with E-state index in [2.05, 4.69) is 9.72 Å². The van der Waals surface area contributed by atoms with Gasteiger partial charge in [0.05, 0.1) is 17.3 Å². The molecule has 0 fully saturated rings. The quantitative estimate of drug-likeness (QED) is 0.786. The van der Waals surface area contributed by atoms with Crippen molar-refractivity contribution >= 4 is 17.3 Å². The van der Waals surface area contributed by atoms with Gasteiger partial charge in [-0.3, -0.25) is 0 Å². The Bertz CT molecular complexity index is 457. The first-order chi connectivity index (χ1) is 9.19. The summed E-state index contributed by atoms with van der Waals surface area (Å²) in [6, 6.07) is 0. The highest BCUT2D eigenvalue weighted by Crippen LogP contribution is 2.22. The van der Waals surface area contributed by atoms with E-state index in [0.29, 0.717) is 17.1 Å². The van der Waals surface area contributed by atoms with Gasteiger partial charge in [0.15, 0.2) is 0 Å². The Labute approximate surface area is 118 Å². The van der Waals surface area contributed by atoms with Crippen LogP contribution in [0.15, 0.2) is 0 Å². The molecule has 4 nitrogen and oxygen atoms in total. The number of rotatable bonds is 7. The van der Waals surface area contributed by atoms with Gasteiger partial charge in [0.25, 0.3) is 0 Å². The van der Waals surface area contributed by atoms with Crippen molar-refractivity contribution in [1.82, 2.24) is 4.98 Å². The molecular weight excluding hydrogens is 295 g/mol. The molecule has 0 saturated heterocycles. The van der Waals surface area contributed by atoms with E-state index in [0.717, 1.165) is 11.3 Å². The number of carboxylic acid groups (broad SMARTS) is 1. The van der Waals surface area contributed by atoms with Crippen LogP contribution in [0.2, 0.25) is 0 Å². The molecule has 0 amide bonds. The maximum absolute atomic E-state index is 11.9. The number of thiazole rings is 1. The summed E-state index contributed by atoms with van der Waals surface area (Å²) >= 11 is 0.996. The number of hydrogen-bond acceptors (Lipinski definition) is 4. The van der Waals surface area contributed by atoms with Gasteiger partial charge in [-0.2, -0.15) is 13.2 Å². The standard InChI is InChI=1S/C12H16F3NO3S/c1-7(2)5-8-10(11(17)18)20-9(16-8)3-4-19-6-12(13,14)15/h7H,3-6H2,1-2H3,(H,17,18). The molecule has 0 aliphatic heterocycles. The minimum atomic E-state index is -4.35. The summed E-state index contributed by atoms with van der Waals surface area (Å²) in [5, 5.41) is 9.55. The Balaban J connectivity index is 2.60. The van der Waals surface area contributed by atoms with Crippen LogP contribution in [-0.4, -0.2) is 35.4 Å². The van der Waals surface area contributed by atoms with Crippen LogP contribution in [0.1, 0.15) is 34.2 Å². The lowest BCUT2D eigenvalue weighted by Crippen LogP contribution is -2.17. The number of aromatic carboxylic acids is 1. The Hall–Kier alpha value is -1.15. The van der Waals surface area contributed by atoms with Crippen LogP contribution in [0.3, 0.4) is 0 Å². The van der Waals surface area contributed by atoms with E-state index < -0.39 is 18.8 Å². The monoisotopic (exact) mass is 311 g/mol. The van der Waals surface area contributed by atoms with Gasteiger partial charge in [-0.15, -0.1) is 11.3 Å². The third-order valence-electron chi connectivity index (χ3n) is 2.26. The summed E-state index contributed by atoms with van der Waals surface area (Å²) in [4.78, 5) is 15.4. The van der Waals surface area contributed by atoms with Crippen molar-refractivity contribution in [3.05, 3.63) is 15.6 Å². The third-order valence-corrected chi connectivity index (χ3v) is 3.41. The van der Waals surface area contributed by atoms with Gasteiger partial charge >= 0.3 is 12.1 Å². The van der Waals surface area contributed by atoms with E-state index >= 15 is 0 Å². The number of ether oxygens (including phenoxy) is 1. The summed E-state index contributed by atoms with van der Waals surface area (Å²) in [7, 11) is 0. The molecule has 0 unspecified atom stereocenters. The smallest absolute Gasteiger partial charge is 0.411 e. The molecule has 0 atom stereocenters. The zero-order valence-corrected chi connectivity index (χ0v) is 12.0. The second-order valence-corrected chi connectivity index (χ2v) is 5.79. The average Bonchev–Trinajstić information content (AvgIpc) is 2.65.